The predicted molar refractivity (Wildman–Crippen MR) is 55.0 cm³/mol. The molecule has 1 heterocycles. The Bertz CT molecular complexity index is 435. The highest BCUT2D eigenvalue weighted by molar-refractivity contribution is 7.92. The van der Waals surface area contributed by atoms with E-state index in [9.17, 15) is 8.42 Å². The van der Waals surface area contributed by atoms with Gasteiger partial charge in [0, 0.05) is 13.1 Å². The van der Waals surface area contributed by atoms with Crippen LogP contribution in [0.1, 0.15) is 5.56 Å². The Kier molecular flexibility index (Phi) is 2.33. The summed E-state index contributed by atoms with van der Waals surface area (Å²) in [5.41, 5.74) is 0.985. The summed E-state index contributed by atoms with van der Waals surface area (Å²) in [7, 11) is -3.09. The van der Waals surface area contributed by atoms with Crippen molar-refractivity contribution < 1.29 is 8.42 Å². The Morgan fingerprint density at radius 3 is 2.57 bits per heavy atom. The maximum absolute atomic E-state index is 11.9. The van der Waals surface area contributed by atoms with E-state index in [2.05, 4.69) is 5.32 Å². The third-order valence-electron chi connectivity index (χ3n) is 2.50. The molecule has 1 fully saturated rings. The normalized spacial score (nSPS) is 17.8. The van der Waals surface area contributed by atoms with Crippen LogP contribution in [0.15, 0.2) is 29.2 Å². The van der Waals surface area contributed by atoms with Gasteiger partial charge >= 0.3 is 0 Å². The predicted octanol–water partition coefficient (Wildman–Crippen LogP) is 0.741. The van der Waals surface area contributed by atoms with Crippen molar-refractivity contribution in [3.63, 3.8) is 0 Å². The smallest absolute Gasteiger partial charge is 0.183 e. The molecule has 2 rings (SSSR count). The van der Waals surface area contributed by atoms with E-state index in [1.54, 1.807) is 18.2 Å². The molecule has 0 bridgehead atoms. The van der Waals surface area contributed by atoms with Crippen molar-refractivity contribution in [2.45, 2.75) is 17.1 Å². The topological polar surface area (TPSA) is 46.2 Å². The molecular weight excluding hydrogens is 198 g/mol. The van der Waals surface area contributed by atoms with Gasteiger partial charge < -0.3 is 5.32 Å². The fraction of sp³-hybridized carbons (Fsp3) is 0.400. The first-order chi connectivity index (χ1) is 6.60. The van der Waals surface area contributed by atoms with E-state index < -0.39 is 9.84 Å². The number of benzene rings is 1. The van der Waals surface area contributed by atoms with E-state index in [-0.39, 0.29) is 5.25 Å². The Balaban J connectivity index is 2.38. The second kappa shape index (κ2) is 3.37. The monoisotopic (exact) mass is 211 g/mol. The van der Waals surface area contributed by atoms with E-state index in [1.165, 1.54) is 0 Å². The van der Waals surface area contributed by atoms with Crippen LogP contribution in [-0.2, 0) is 9.84 Å². The van der Waals surface area contributed by atoms with Gasteiger partial charge in [0.1, 0.15) is 0 Å². The molecule has 1 saturated heterocycles. The lowest BCUT2D eigenvalue weighted by atomic mass is 10.2. The molecule has 0 atom stereocenters. The summed E-state index contributed by atoms with van der Waals surface area (Å²) in [6, 6.07) is 7.08. The average Bonchev–Trinajstić information content (AvgIpc) is 2.00. The number of rotatable bonds is 2. The lowest BCUT2D eigenvalue weighted by Gasteiger charge is -2.26. The average molecular weight is 211 g/mol. The van der Waals surface area contributed by atoms with Crippen molar-refractivity contribution in [1.82, 2.24) is 5.32 Å². The van der Waals surface area contributed by atoms with Gasteiger partial charge in [-0.25, -0.2) is 8.42 Å². The first-order valence-electron chi connectivity index (χ1n) is 4.62. The fourth-order valence-electron chi connectivity index (χ4n) is 1.47. The first-order valence-corrected chi connectivity index (χ1v) is 6.16. The molecule has 76 valence electrons. The van der Waals surface area contributed by atoms with Crippen LogP contribution in [0.4, 0.5) is 0 Å². The van der Waals surface area contributed by atoms with Crippen LogP contribution in [-0.4, -0.2) is 26.8 Å². The Hall–Kier alpha value is -0.870. The third kappa shape index (κ3) is 1.55. The minimum atomic E-state index is -3.09. The van der Waals surface area contributed by atoms with Crippen LogP contribution in [0.25, 0.3) is 0 Å². The van der Waals surface area contributed by atoms with Crippen LogP contribution in [0.3, 0.4) is 0 Å². The lowest BCUT2D eigenvalue weighted by Crippen LogP contribution is -2.51. The molecule has 0 aliphatic carbocycles. The van der Waals surface area contributed by atoms with Crippen molar-refractivity contribution >= 4 is 9.84 Å². The van der Waals surface area contributed by atoms with Crippen molar-refractivity contribution in [2.75, 3.05) is 13.1 Å². The van der Waals surface area contributed by atoms with Gasteiger partial charge in [-0.05, 0) is 24.6 Å². The fourth-order valence-corrected chi connectivity index (χ4v) is 3.14. The molecule has 1 aliphatic heterocycles. The second-order valence-electron chi connectivity index (χ2n) is 3.64. The summed E-state index contributed by atoms with van der Waals surface area (Å²) in [6.07, 6.45) is 0. The lowest BCUT2D eigenvalue weighted by molar-refractivity contribution is 0.495. The molecule has 1 aromatic carbocycles. The van der Waals surface area contributed by atoms with Crippen molar-refractivity contribution in [1.29, 1.82) is 0 Å². The Morgan fingerprint density at radius 2 is 2.07 bits per heavy atom. The highest BCUT2D eigenvalue weighted by Gasteiger charge is 2.32. The molecule has 1 aromatic rings. The van der Waals surface area contributed by atoms with Gasteiger partial charge in [-0.2, -0.15) is 0 Å². The Morgan fingerprint density at radius 1 is 1.36 bits per heavy atom. The van der Waals surface area contributed by atoms with Gasteiger partial charge in [0.15, 0.2) is 9.84 Å². The van der Waals surface area contributed by atoms with Gasteiger partial charge in [0.05, 0.1) is 10.1 Å². The summed E-state index contributed by atoms with van der Waals surface area (Å²) in [4.78, 5) is 0.448. The quantitative estimate of drug-likeness (QED) is 0.785. The Labute approximate surface area is 84.1 Å². The number of sulfone groups is 1. The van der Waals surface area contributed by atoms with Gasteiger partial charge in [-0.15, -0.1) is 0 Å². The molecule has 0 saturated carbocycles. The zero-order chi connectivity index (χ0) is 10.2. The maximum Gasteiger partial charge on any atom is 0.183 e. The molecule has 1 N–H and O–H groups in total. The van der Waals surface area contributed by atoms with Gasteiger partial charge in [-0.1, -0.05) is 12.1 Å². The van der Waals surface area contributed by atoms with E-state index >= 15 is 0 Å². The molecule has 0 unspecified atom stereocenters. The van der Waals surface area contributed by atoms with Gasteiger partial charge in [0.25, 0.3) is 0 Å². The number of aryl methyl sites for hydroxylation is 1. The largest absolute Gasteiger partial charge is 0.314 e. The molecule has 0 aromatic heterocycles. The van der Waals surface area contributed by atoms with E-state index in [4.69, 9.17) is 0 Å². The molecule has 0 spiro atoms. The minimum Gasteiger partial charge on any atom is -0.314 e. The summed E-state index contributed by atoms with van der Waals surface area (Å²) < 4.78 is 23.9. The van der Waals surface area contributed by atoms with Crippen LogP contribution >= 0.6 is 0 Å². The molecule has 1 aliphatic rings. The summed E-state index contributed by atoms with van der Waals surface area (Å²) in [5.74, 6) is 0. The SMILES string of the molecule is Cc1cccc(S(=O)(=O)C2CNC2)c1. The molecule has 0 radical (unpaired) electrons. The van der Waals surface area contributed by atoms with Crippen molar-refractivity contribution in [3.05, 3.63) is 29.8 Å². The molecule has 14 heavy (non-hydrogen) atoms. The van der Waals surface area contributed by atoms with Crippen LogP contribution in [0.2, 0.25) is 0 Å². The zero-order valence-electron chi connectivity index (χ0n) is 8.03. The van der Waals surface area contributed by atoms with Crippen LogP contribution in [0, 0.1) is 6.92 Å². The molecule has 3 nitrogen and oxygen atoms in total. The van der Waals surface area contributed by atoms with Crippen molar-refractivity contribution in [2.24, 2.45) is 0 Å². The maximum atomic E-state index is 11.9. The van der Waals surface area contributed by atoms with Crippen molar-refractivity contribution in [3.8, 4) is 0 Å². The number of hydrogen-bond acceptors (Lipinski definition) is 3. The summed E-state index contributed by atoms with van der Waals surface area (Å²) in [6.45, 7) is 3.06. The number of nitrogens with one attached hydrogen (secondary N) is 1. The van der Waals surface area contributed by atoms with Crippen LogP contribution < -0.4 is 5.32 Å². The van der Waals surface area contributed by atoms with Crippen LogP contribution in [0.5, 0.6) is 0 Å². The first kappa shape index (κ1) is 9.68. The second-order valence-corrected chi connectivity index (χ2v) is 5.87. The summed E-state index contributed by atoms with van der Waals surface area (Å²) >= 11 is 0. The highest BCUT2D eigenvalue weighted by atomic mass is 32.2. The van der Waals surface area contributed by atoms with E-state index in [0.29, 0.717) is 18.0 Å². The highest BCUT2D eigenvalue weighted by Crippen LogP contribution is 2.19. The minimum absolute atomic E-state index is 0.232. The standard InChI is InChI=1S/C10H13NO2S/c1-8-3-2-4-9(5-8)14(12,13)10-6-11-7-10/h2-5,10-11H,6-7H2,1H3. The van der Waals surface area contributed by atoms with Gasteiger partial charge in [0.2, 0.25) is 0 Å². The van der Waals surface area contributed by atoms with E-state index in [1.807, 2.05) is 13.0 Å². The van der Waals surface area contributed by atoms with E-state index in [0.717, 1.165) is 5.56 Å². The summed E-state index contributed by atoms with van der Waals surface area (Å²) in [5, 5.41) is 2.74. The number of hydrogen-bond donors (Lipinski definition) is 1. The third-order valence-corrected chi connectivity index (χ3v) is 4.62. The molecule has 0 amide bonds. The molecular formula is C10H13NO2S. The zero-order valence-corrected chi connectivity index (χ0v) is 8.84. The molecule has 4 heteroatoms. The van der Waals surface area contributed by atoms with Gasteiger partial charge in [-0.3, -0.25) is 0 Å².